The highest BCUT2D eigenvalue weighted by molar-refractivity contribution is 7.91. The van der Waals surface area contributed by atoms with E-state index in [1.165, 1.54) is 7.11 Å². The molecule has 1 N–H and O–H groups in total. The van der Waals surface area contributed by atoms with Gasteiger partial charge in [0.05, 0.1) is 17.8 Å². The van der Waals surface area contributed by atoms with Crippen molar-refractivity contribution in [3.63, 3.8) is 0 Å². The predicted octanol–water partition coefficient (Wildman–Crippen LogP) is 4.14. The Labute approximate surface area is 161 Å². The van der Waals surface area contributed by atoms with Crippen molar-refractivity contribution < 1.29 is 23.1 Å². The van der Waals surface area contributed by atoms with Gasteiger partial charge >= 0.3 is 5.97 Å². The number of sulfone groups is 1. The van der Waals surface area contributed by atoms with Crippen molar-refractivity contribution in [3.8, 4) is 5.75 Å². The summed E-state index contributed by atoms with van der Waals surface area (Å²) in [6.45, 7) is 7.72. The van der Waals surface area contributed by atoms with Crippen molar-refractivity contribution in [1.82, 2.24) is 0 Å². The van der Waals surface area contributed by atoms with Crippen LogP contribution in [-0.4, -0.2) is 32.4 Å². The number of allylic oxidation sites excluding steroid dienone is 5. The maximum atomic E-state index is 12.5. The van der Waals surface area contributed by atoms with Crippen LogP contribution in [0.5, 0.6) is 5.75 Å². The van der Waals surface area contributed by atoms with Gasteiger partial charge in [0.15, 0.2) is 9.84 Å². The molecule has 0 fully saturated rings. The first kappa shape index (κ1) is 21.0. The minimum atomic E-state index is -3.30. The zero-order valence-electron chi connectivity index (χ0n) is 16.4. The number of rotatable bonds is 5. The van der Waals surface area contributed by atoms with E-state index in [9.17, 15) is 13.2 Å². The van der Waals surface area contributed by atoms with E-state index in [1.54, 1.807) is 25.1 Å². The maximum Gasteiger partial charge on any atom is 0.328 e. The van der Waals surface area contributed by atoms with Crippen LogP contribution in [0.15, 0.2) is 46.9 Å². The number of hydrogen-bond acceptors (Lipinski definition) is 4. The highest BCUT2D eigenvalue weighted by atomic mass is 32.2. The third-order valence-electron chi connectivity index (χ3n) is 4.84. The van der Waals surface area contributed by atoms with Gasteiger partial charge in [0.1, 0.15) is 5.75 Å². The molecule has 0 unspecified atom stereocenters. The van der Waals surface area contributed by atoms with Gasteiger partial charge in [-0.3, -0.25) is 0 Å². The SMILES string of the molecule is COc1cc2c(cc1/C(C)=C/C=C/C(C)=C/C(=O)O)C(C)(C)CCS2(=O)=O. The number of ether oxygens (including phenoxy) is 1. The lowest BCUT2D eigenvalue weighted by atomic mass is 9.80. The van der Waals surface area contributed by atoms with E-state index in [-0.39, 0.29) is 11.2 Å². The molecule has 0 aromatic heterocycles. The zero-order valence-corrected chi connectivity index (χ0v) is 17.2. The molecule has 27 heavy (non-hydrogen) atoms. The van der Waals surface area contributed by atoms with Gasteiger partial charge in [0.2, 0.25) is 0 Å². The fourth-order valence-corrected chi connectivity index (χ4v) is 5.09. The molecular weight excluding hydrogens is 364 g/mol. The molecule has 1 heterocycles. The monoisotopic (exact) mass is 390 g/mol. The van der Waals surface area contributed by atoms with Gasteiger partial charge < -0.3 is 9.84 Å². The summed E-state index contributed by atoms with van der Waals surface area (Å²) >= 11 is 0. The number of carboxylic acids is 1. The Morgan fingerprint density at radius 3 is 2.52 bits per heavy atom. The van der Waals surface area contributed by atoms with Crippen molar-refractivity contribution >= 4 is 21.4 Å². The topological polar surface area (TPSA) is 80.7 Å². The third kappa shape index (κ3) is 4.69. The Bertz CT molecular complexity index is 947. The van der Waals surface area contributed by atoms with Crippen LogP contribution in [0.2, 0.25) is 0 Å². The van der Waals surface area contributed by atoms with Crippen molar-refractivity contribution in [1.29, 1.82) is 0 Å². The summed E-state index contributed by atoms with van der Waals surface area (Å²) in [7, 11) is -1.78. The van der Waals surface area contributed by atoms with E-state index in [0.29, 0.717) is 22.6 Å². The van der Waals surface area contributed by atoms with Crippen LogP contribution < -0.4 is 4.74 Å². The van der Waals surface area contributed by atoms with Crippen LogP contribution in [-0.2, 0) is 20.0 Å². The molecule has 5 nitrogen and oxygen atoms in total. The van der Waals surface area contributed by atoms with E-state index < -0.39 is 15.8 Å². The summed E-state index contributed by atoms with van der Waals surface area (Å²) < 4.78 is 30.5. The molecule has 1 aromatic rings. The van der Waals surface area contributed by atoms with Crippen molar-refractivity contribution in [2.45, 2.75) is 44.4 Å². The Balaban J connectivity index is 2.53. The first-order valence-corrected chi connectivity index (χ1v) is 10.3. The molecule has 0 atom stereocenters. The normalized spacial score (nSPS) is 19.0. The van der Waals surface area contributed by atoms with E-state index >= 15 is 0 Å². The van der Waals surface area contributed by atoms with E-state index in [1.807, 2.05) is 19.1 Å². The van der Waals surface area contributed by atoms with Crippen molar-refractivity contribution in [2.75, 3.05) is 12.9 Å². The lowest BCUT2D eigenvalue weighted by molar-refractivity contribution is -0.131. The first-order chi connectivity index (χ1) is 12.5. The van der Waals surface area contributed by atoms with Crippen LogP contribution in [0, 0.1) is 0 Å². The smallest absolute Gasteiger partial charge is 0.328 e. The fraction of sp³-hybridized carbons (Fsp3) is 0.381. The van der Waals surface area contributed by atoms with Crippen LogP contribution >= 0.6 is 0 Å². The molecule has 0 saturated carbocycles. The Morgan fingerprint density at radius 1 is 1.26 bits per heavy atom. The molecule has 0 amide bonds. The molecule has 0 saturated heterocycles. The largest absolute Gasteiger partial charge is 0.496 e. The number of carboxylic acid groups (broad SMARTS) is 1. The van der Waals surface area contributed by atoms with Gasteiger partial charge in [-0.15, -0.1) is 0 Å². The molecule has 1 aromatic carbocycles. The molecule has 2 rings (SSSR count). The minimum Gasteiger partial charge on any atom is -0.496 e. The van der Waals surface area contributed by atoms with Gasteiger partial charge in [0.25, 0.3) is 0 Å². The second-order valence-corrected chi connectivity index (χ2v) is 9.51. The lowest BCUT2D eigenvalue weighted by Gasteiger charge is -2.33. The van der Waals surface area contributed by atoms with E-state index in [4.69, 9.17) is 9.84 Å². The number of carbonyl (C=O) groups is 1. The molecule has 0 aliphatic carbocycles. The highest BCUT2D eigenvalue weighted by Gasteiger charge is 2.36. The standard InChI is InChI=1S/C21H26O5S/c1-14(11-20(22)23)7-6-8-15(2)16-12-17-19(13-18(16)26-5)27(24,25)10-9-21(17,3)4/h6-8,11-13H,9-10H2,1-5H3,(H,22,23)/b7-6+,14-11+,15-8+. The van der Waals surface area contributed by atoms with Gasteiger partial charge in [0, 0.05) is 11.6 Å². The Morgan fingerprint density at radius 2 is 1.93 bits per heavy atom. The highest BCUT2D eigenvalue weighted by Crippen LogP contribution is 2.42. The molecule has 0 bridgehead atoms. The molecule has 6 heteroatoms. The fourth-order valence-electron chi connectivity index (χ4n) is 3.14. The second kappa shape index (κ2) is 7.72. The van der Waals surface area contributed by atoms with Crippen molar-refractivity contribution in [2.24, 2.45) is 0 Å². The molecular formula is C21H26O5S. The van der Waals surface area contributed by atoms with E-state index in [2.05, 4.69) is 13.8 Å². The minimum absolute atomic E-state index is 0.141. The van der Waals surface area contributed by atoms with Gasteiger partial charge in [-0.25, -0.2) is 13.2 Å². The number of aliphatic carboxylic acids is 1. The number of benzene rings is 1. The first-order valence-electron chi connectivity index (χ1n) is 8.70. The summed E-state index contributed by atoms with van der Waals surface area (Å²) in [5.41, 5.74) is 2.91. The molecule has 1 aliphatic rings. The van der Waals surface area contributed by atoms with Gasteiger partial charge in [-0.1, -0.05) is 32.1 Å². The van der Waals surface area contributed by atoms with Gasteiger partial charge in [-0.2, -0.15) is 0 Å². The lowest BCUT2D eigenvalue weighted by Crippen LogP contribution is -2.30. The molecule has 0 radical (unpaired) electrons. The molecule has 0 spiro atoms. The predicted molar refractivity (Wildman–Crippen MR) is 107 cm³/mol. The van der Waals surface area contributed by atoms with Crippen LogP contribution in [0.4, 0.5) is 0 Å². The summed E-state index contributed by atoms with van der Waals surface area (Å²) in [5.74, 6) is -0.338. The Kier molecular flexibility index (Phi) is 6.00. The zero-order chi connectivity index (χ0) is 20.4. The summed E-state index contributed by atoms with van der Waals surface area (Å²) in [6, 6.07) is 3.53. The average Bonchev–Trinajstić information content (AvgIpc) is 2.57. The average molecular weight is 391 g/mol. The molecule has 146 valence electrons. The molecule has 1 aliphatic heterocycles. The number of methoxy groups -OCH3 is 1. The van der Waals surface area contributed by atoms with Gasteiger partial charge in [-0.05, 0) is 54.5 Å². The summed E-state index contributed by atoms with van der Waals surface area (Å²) in [5, 5.41) is 8.75. The van der Waals surface area contributed by atoms with E-state index in [0.717, 1.165) is 22.8 Å². The van der Waals surface area contributed by atoms with Crippen LogP contribution in [0.1, 0.15) is 45.2 Å². The van der Waals surface area contributed by atoms with Crippen LogP contribution in [0.25, 0.3) is 5.57 Å². The Hall–Kier alpha value is -2.34. The maximum absolute atomic E-state index is 12.5. The second-order valence-electron chi connectivity index (χ2n) is 7.44. The number of hydrogen-bond donors (Lipinski definition) is 1. The van der Waals surface area contributed by atoms with Crippen molar-refractivity contribution in [3.05, 3.63) is 53.1 Å². The summed E-state index contributed by atoms with van der Waals surface area (Å²) in [6.07, 6.45) is 7.04. The summed E-state index contributed by atoms with van der Waals surface area (Å²) in [4.78, 5) is 11.0. The number of fused-ring (bicyclic) bond motifs is 1. The quantitative estimate of drug-likeness (QED) is 0.604. The van der Waals surface area contributed by atoms with Crippen LogP contribution in [0.3, 0.4) is 0 Å². The third-order valence-corrected chi connectivity index (χ3v) is 6.59.